The summed E-state index contributed by atoms with van der Waals surface area (Å²) in [6.07, 6.45) is 21.1. The molecule has 1 aromatic carbocycles. The zero-order valence-corrected chi connectivity index (χ0v) is 25.2. The Hall–Kier alpha value is -0.0700. The van der Waals surface area contributed by atoms with Gasteiger partial charge in [0.1, 0.15) is 5.75 Å². The number of hydrogen-bond acceptors (Lipinski definition) is 4. The van der Waals surface area contributed by atoms with E-state index in [4.69, 9.17) is 4.74 Å². The van der Waals surface area contributed by atoms with Crippen molar-refractivity contribution in [1.29, 1.82) is 0 Å². The minimum absolute atomic E-state index is 0. The average Bonchev–Trinajstić information content (AvgIpc) is 2.78. The van der Waals surface area contributed by atoms with Crippen LogP contribution < -0.4 is 34.3 Å². The third-order valence-corrected chi connectivity index (χ3v) is 7.10. The molecular weight excluding hydrogens is 455 g/mol. The second-order valence-electron chi connectivity index (χ2n) is 9.47. The van der Waals surface area contributed by atoms with Crippen LogP contribution in [-0.4, -0.2) is 25.3 Å². The summed E-state index contributed by atoms with van der Waals surface area (Å²) in [6.45, 7) is 4.97. The topological polar surface area (TPSA) is 66.4 Å². The summed E-state index contributed by atoms with van der Waals surface area (Å²) in [5, 5.41) is 0. The van der Waals surface area contributed by atoms with Crippen LogP contribution in [0.3, 0.4) is 0 Å². The maximum absolute atomic E-state index is 10.8. The molecule has 1 rings (SSSR count). The molecule has 0 aromatic heterocycles. The summed E-state index contributed by atoms with van der Waals surface area (Å²) < 4.78 is 38.7. The molecule has 0 fully saturated rings. The van der Waals surface area contributed by atoms with Crippen molar-refractivity contribution >= 4 is 10.1 Å². The fraction of sp³-hybridized carbons (Fsp3) is 0.786. The maximum atomic E-state index is 10.8. The van der Waals surface area contributed by atoms with Crippen LogP contribution in [0.2, 0.25) is 0 Å². The number of benzene rings is 1. The van der Waals surface area contributed by atoms with E-state index in [1.807, 2.05) is 0 Å². The molecule has 0 N–H and O–H groups in total. The number of rotatable bonds is 22. The van der Waals surface area contributed by atoms with Crippen LogP contribution >= 0.6 is 0 Å². The first-order valence-corrected chi connectivity index (χ1v) is 15.2. The number of ether oxygens (including phenoxy) is 1. The van der Waals surface area contributed by atoms with Gasteiger partial charge >= 0.3 is 29.6 Å². The molecule has 0 amide bonds. The molecule has 0 radical (unpaired) electrons. The minimum Gasteiger partial charge on any atom is -0.748 e. The summed E-state index contributed by atoms with van der Waals surface area (Å²) in [5.74, 6) is 0.709. The Morgan fingerprint density at radius 2 is 1.12 bits per heavy atom. The number of unbranched alkanes of at least 4 members (excludes halogenated alkanes) is 13. The third kappa shape index (κ3) is 18.2. The largest absolute Gasteiger partial charge is 1.00 e. The molecule has 0 atom stereocenters. The average molecular weight is 505 g/mol. The molecule has 0 saturated carbocycles. The minimum atomic E-state index is -4.14. The Morgan fingerprint density at radius 3 is 1.56 bits per heavy atom. The van der Waals surface area contributed by atoms with Gasteiger partial charge in [0.25, 0.3) is 0 Å². The van der Waals surface area contributed by atoms with Crippen LogP contribution in [0.25, 0.3) is 0 Å². The van der Waals surface area contributed by atoms with Gasteiger partial charge in [-0.05, 0) is 49.7 Å². The van der Waals surface area contributed by atoms with Gasteiger partial charge in [0, 0.05) is 5.75 Å². The van der Waals surface area contributed by atoms with Crippen molar-refractivity contribution in [3.63, 3.8) is 0 Å². The summed E-state index contributed by atoms with van der Waals surface area (Å²) in [4.78, 5) is 0. The van der Waals surface area contributed by atoms with Crippen molar-refractivity contribution in [3.8, 4) is 5.75 Å². The van der Waals surface area contributed by atoms with Gasteiger partial charge in [-0.2, -0.15) is 0 Å². The van der Waals surface area contributed by atoms with Crippen LogP contribution in [-0.2, 0) is 23.0 Å². The fourth-order valence-corrected chi connectivity index (χ4v) is 4.88. The molecule has 0 spiro atoms. The van der Waals surface area contributed by atoms with Crippen LogP contribution in [0.1, 0.15) is 128 Å². The van der Waals surface area contributed by atoms with E-state index in [0.29, 0.717) is 19.4 Å². The van der Waals surface area contributed by atoms with Gasteiger partial charge in [0.05, 0.1) is 16.7 Å². The van der Waals surface area contributed by atoms with E-state index < -0.39 is 10.1 Å². The van der Waals surface area contributed by atoms with Crippen molar-refractivity contribution < 1.29 is 47.3 Å². The zero-order valence-electron chi connectivity index (χ0n) is 22.4. The predicted octanol–water partition coefficient (Wildman–Crippen LogP) is 4.98. The van der Waals surface area contributed by atoms with E-state index in [2.05, 4.69) is 32.0 Å². The van der Waals surface area contributed by atoms with Gasteiger partial charge in [0.15, 0.2) is 0 Å². The predicted molar refractivity (Wildman–Crippen MR) is 139 cm³/mol. The van der Waals surface area contributed by atoms with Crippen LogP contribution in [0, 0.1) is 0 Å². The van der Waals surface area contributed by atoms with E-state index in [-0.39, 0.29) is 35.3 Å². The monoisotopic (exact) mass is 504 g/mol. The first kappa shape index (κ1) is 33.9. The van der Waals surface area contributed by atoms with Crippen LogP contribution in [0.5, 0.6) is 5.75 Å². The molecule has 0 saturated heterocycles. The third-order valence-electron chi connectivity index (χ3n) is 6.31. The Morgan fingerprint density at radius 1 is 0.676 bits per heavy atom. The molecule has 0 heterocycles. The molecule has 0 aliphatic carbocycles. The van der Waals surface area contributed by atoms with Gasteiger partial charge in [-0.3, -0.25) is 0 Å². The number of para-hydroxylation sites is 1. The Labute approximate surface area is 233 Å². The molecule has 0 aliphatic rings. The van der Waals surface area contributed by atoms with E-state index in [1.54, 1.807) is 0 Å². The standard InChI is InChI=1S/C28H50O4S.Na/c1-3-5-7-9-11-13-15-20-26-22-19-23-27(21-16-14-12-10-8-6-4-2)28(26)32-24-17-18-25-33(29,30)31;/h19,22-23H,3-18,20-21,24-25H2,1-2H3,(H,29,30,31);/q;+1/p-1. The SMILES string of the molecule is CCCCCCCCCc1cccc(CCCCCCCCC)c1OCCCCS(=O)(=O)[O-].[Na+]. The molecule has 192 valence electrons. The summed E-state index contributed by atoms with van der Waals surface area (Å²) in [6, 6.07) is 6.52. The van der Waals surface area contributed by atoms with Gasteiger partial charge in [0.2, 0.25) is 0 Å². The Balaban J connectivity index is 0.0000109. The zero-order chi connectivity index (χ0) is 24.2. The second kappa shape index (κ2) is 22.2. The van der Waals surface area contributed by atoms with E-state index in [9.17, 15) is 13.0 Å². The summed E-state index contributed by atoms with van der Waals surface area (Å²) in [7, 11) is -4.14. The molecule has 0 aliphatic heterocycles. The van der Waals surface area contributed by atoms with E-state index in [0.717, 1.165) is 18.6 Å². The molecule has 6 heteroatoms. The van der Waals surface area contributed by atoms with Crippen LogP contribution in [0.15, 0.2) is 18.2 Å². The van der Waals surface area contributed by atoms with Crippen molar-refractivity contribution in [2.45, 2.75) is 129 Å². The second-order valence-corrected chi connectivity index (χ2v) is 11.0. The number of hydrogen-bond donors (Lipinski definition) is 0. The first-order valence-electron chi connectivity index (χ1n) is 13.6. The molecule has 0 bridgehead atoms. The van der Waals surface area contributed by atoms with Crippen molar-refractivity contribution in [2.75, 3.05) is 12.4 Å². The quantitative estimate of drug-likeness (QED) is 0.127. The maximum Gasteiger partial charge on any atom is 1.00 e. The molecule has 34 heavy (non-hydrogen) atoms. The molecule has 4 nitrogen and oxygen atoms in total. The summed E-state index contributed by atoms with van der Waals surface area (Å²) >= 11 is 0. The van der Waals surface area contributed by atoms with Gasteiger partial charge in [-0.15, -0.1) is 0 Å². The summed E-state index contributed by atoms with van der Waals surface area (Å²) in [5.41, 5.74) is 2.56. The Bertz CT molecular complexity index is 670. The smallest absolute Gasteiger partial charge is 0.748 e. The van der Waals surface area contributed by atoms with Crippen LogP contribution in [0.4, 0.5) is 0 Å². The normalized spacial score (nSPS) is 11.4. The fourth-order valence-electron chi connectivity index (χ4n) is 4.32. The van der Waals surface area contributed by atoms with Gasteiger partial charge in [-0.1, -0.05) is 109 Å². The molecule has 1 aromatic rings. The van der Waals surface area contributed by atoms with Crippen molar-refractivity contribution in [3.05, 3.63) is 29.3 Å². The van der Waals surface area contributed by atoms with Gasteiger partial charge < -0.3 is 9.29 Å². The van der Waals surface area contributed by atoms with E-state index in [1.165, 1.54) is 101 Å². The van der Waals surface area contributed by atoms with Crippen molar-refractivity contribution in [2.24, 2.45) is 0 Å². The van der Waals surface area contributed by atoms with Crippen molar-refractivity contribution in [1.82, 2.24) is 0 Å². The molecular formula is C28H49NaO4S. The number of aryl methyl sites for hydroxylation is 2. The van der Waals surface area contributed by atoms with E-state index >= 15 is 0 Å². The molecule has 0 unspecified atom stereocenters. The first-order chi connectivity index (χ1) is 16.0. The van der Waals surface area contributed by atoms with Gasteiger partial charge in [-0.25, -0.2) is 8.42 Å². The Kier molecular flexibility index (Phi) is 22.1.